The number of nitrogens with zero attached hydrogens (tertiary/aromatic N) is 6. The van der Waals surface area contributed by atoms with Crippen LogP contribution in [0.1, 0.15) is 24.1 Å². The van der Waals surface area contributed by atoms with Gasteiger partial charge in [0.1, 0.15) is 16.7 Å². The van der Waals surface area contributed by atoms with Crippen LogP contribution in [0.25, 0.3) is 11.0 Å². The Morgan fingerprint density at radius 3 is 2.81 bits per heavy atom. The van der Waals surface area contributed by atoms with Crippen LogP contribution in [0, 0.1) is 0 Å². The highest BCUT2D eigenvalue weighted by Crippen LogP contribution is 2.29. The zero-order valence-electron chi connectivity index (χ0n) is 14.5. The molecule has 26 heavy (non-hydrogen) atoms. The summed E-state index contributed by atoms with van der Waals surface area (Å²) in [5.41, 5.74) is 3.09. The summed E-state index contributed by atoms with van der Waals surface area (Å²) in [4.78, 5) is 8.68. The monoisotopic (exact) mass is 411 g/mol. The molecule has 4 rings (SSSR count). The quantitative estimate of drug-likeness (QED) is 0.543. The zero-order chi connectivity index (χ0) is 18.1. The molecule has 0 aliphatic heterocycles. The van der Waals surface area contributed by atoms with Gasteiger partial charge in [-0.25, -0.2) is 14.6 Å². The van der Waals surface area contributed by atoms with Crippen LogP contribution < -0.4 is 5.32 Å². The van der Waals surface area contributed by atoms with E-state index in [1.54, 1.807) is 11.0 Å². The molecular weight excluding hydrogens is 394 g/mol. The molecule has 0 saturated carbocycles. The first-order valence-electron chi connectivity index (χ1n) is 8.28. The first kappa shape index (κ1) is 16.7. The Kier molecular flexibility index (Phi) is 4.42. The van der Waals surface area contributed by atoms with E-state index in [-0.39, 0.29) is 6.04 Å². The molecule has 4 aromatic rings. The summed E-state index contributed by atoms with van der Waals surface area (Å²) in [7, 11) is 1.86. The second-order valence-electron chi connectivity index (χ2n) is 6.16. The van der Waals surface area contributed by atoms with Gasteiger partial charge in [-0.2, -0.15) is 10.2 Å². The molecule has 1 unspecified atom stereocenters. The third-order valence-corrected chi connectivity index (χ3v) is 4.83. The number of fused-ring (bicyclic) bond motifs is 1. The van der Waals surface area contributed by atoms with Crippen LogP contribution in [-0.2, 0) is 13.6 Å². The second-order valence-corrected chi connectivity index (χ2v) is 6.91. The second kappa shape index (κ2) is 6.87. The van der Waals surface area contributed by atoms with E-state index in [2.05, 4.69) is 66.7 Å². The van der Waals surface area contributed by atoms with Gasteiger partial charge in [0.15, 0.2) is 5.65 Å². The topological polar surface area (TPSA) is 73.5 Å². The van der Waals surface area contributed by atoms with Gasteiger partial charge in [0.05, 0.1) is 24.2 Å². The minimum atomic E-state index is 0.0460. The smallest absolute Gasteiger partial charge is 0.164 e. The third kappa shape index (κ3) is 3.20. The predicted octanol–water partition coefficient (Wildman–Crippen LogP) is 3.54. The summed E-state index contributed by atoms with van der Waals surface area (Å²) in [6, 6.07) is 10.3. The van der Waals surface area contributed by atoms with Gasteiger partial charge in [-0.05, 0) is 28.4 Å². The fourth-order valence-corrected chi connectivity index (χ4v) is 3.50. The molecule has 0 radical (unpaired) electrons. The first-order chi connectivity index (χ1) is 12.6. The molecule has 0 saturated heterocycles. The lowest BCUT2D eigenvalue weighted by Gasteiger charge is -2.13. The van der Waals surface area contributed by atoms with E-state index in [1.165, 1.54) is 5.56 Å². The summed E-state index contributed by atoms with van der Waals surface area (Å²) < 4.78 is 4.40. The summed E-state index contributed by atoms with van der Waals surface area (Å²) in [6.45, 7) is 2.83. The van der Waals surface area contributed by atoms with Crippen LogP contribution in [0.15, 0.2) is 53.7 Å². The highest BCUT2D eigenvalue weighted by Gasteiger charge is 2.16. The van der Waals surface area contributed by atoms with Crippen molar-refractivity contribution in [2.75, 3.05) is 5.32 Å². The van der Waals surface area contributed by atoms with E-state index >= 15 is 0 Å². The maximum atomic E-state index is 4.48. The van der Waals surface area contributed by atoms with E-state index in [0.717, 1.165) is 33.6 Å². The summed E-state index contributed by atoms with van der Waals surface area (Å²) in [5, 5.41) is 13.2. The predicted molar refractivity (Wildman–Crippen MR) is 104 cm³/mol. The Hall–Kier alpha value is -2.74. The highest BCUT2D eigenvalue weighted by molar-refractivity contribution is 9.10. The van der Waals surface area contributed by atoms with Gasteiger partial charge in [0, 0.05) is 18.8 Å². The molecule has 0 fully saturated rings. The number of aromatic nitrogens is 6. The Morgan fingerprint density at radius 1 is 1.19 bits per heavy atom. The van der Waals surface area contributed by atoms with Crippen LogP contribution in [0.2, 0.25) is 0 Å². The van der Waals surface area contributed by atoms with E-state index in [4.69, 9.17) is 0 Å². The molecule has 8 heteroatoms. The molecule has 1 N–H and O–H groups in total. The number of rotatable bonds is 5. The van der Waals surface area contributed by atoms with E-state index in [9.17, 15) is 0 Å². The van der Waals surface area contributed by atoms with Crippen molar-refractivity contribution >= 4 is 32.8 Å². The summed E-state index contributed by atoms with van der Waals surface area (Å²) >= 11 is 3.49. The van der Waals surface area contributed by atoms with Crippen LogP contribution in [0.3, 0.4) is 0 Å². The number of halogens is 1. The van der Waals surface area contributed by atoms with Gasteiger partial charge in [0.25, 0.3) is 0 Å². The Morgan fingerprint density at radius 2 is 2.00 bits per heavy atom. The maximum Gasteiger partial charge on any atom is 0.164 e. The molecular formula is C18H18BrN7. The average Bonchev–Trinajstić information content (AvgIpc) is 3.21. The summed E-state index contributed by atoms with van der Waals surface area (Å²) in [6.07, 6.45) is 5.49. The molecule has 1 atom stereocenters. The van der Waals surface area contributed by atoms with Crippen molar-refractivity contribution in [2.24, 2.45) is 7.05 Å². The van der Waals surface area contributed by atoms with Crippen molar-refractivity contribution in [2.45, 2.75) is 19.5 Å². The number of benzene rings is 1. The lowest BCUT2D eigenvalue weighted by Crippen LogP contribution is -2.08. The molecule has 1 aromatic carbocycles. The molecule has 3 aromatic heterocycles. The van der Waals surface area contributed by atoms with E-state index in [0.29, 0.717) is 0 Å². The standard InChI is InChI=1S/C18H18BrN7/c1-12(14-8-22-26(10-14)9-13-6-4-3-5-7-13)23-17-15-16(19)24-25(2)18(15)21-11-20-17/h3-8,10-12H,9H2,1-2H3,(H,20,21,23). The number of aryl methyl sites for hydroxylation is 1. The van der Waals surface area contributed by atoms with Gasteiger partial charge >= 0.3 is 0 Å². The molecule has 132 valence electrons. The molecule has 0 bridgehead atoms. The van der Waals surface area contributed by atoms with Crippen molar-refractivity contribution in [1.29, 1.82) is 0 Å². The lowest BCUT2D eigenvalue weighted by atomic mass is 10.2. The fourth-order valence-electron chi connectivity index (χ4n) is 2.90. The molecule has 0 spiro atoms. The minimum absolute atomic E-state index is 0.0460. The number of hydrogen-bond donors (Lipinski definition) is 1. The number of nitrogens with one attached hydrogen (secondary N) is 1. The average molecular weight is 412 g/mol. The van der Waals surface area contributed by atoms with Crippen molar-refractivity contribution in [3.05, 3.63) is 64.8 Å². The van der Waals surface area contributed by atoms with Crippen LogP contribution in [0.4, 0.5) is 5.82 Å². The largest absolute Gasteiger partial charge is 0.363 e. The number of hydrogen-bond acceptors (Lipinski definition) is 5. The van der Waals surface area contributed by atoms with Gasteiger partial charge in [-0.15, -0.1) is 0 Å². The van der Waals surface area contributed by atoms with Crippen LogP contribution in [-0.4, -0.2) is 29.5 Å². The fraction of sp³-hybridized carbons (Fsp3) is 0.222. The summed E-state index contributed by atoms with van der Waals surface area (Å²) in [5.74, 6) is 0.748. The van der Waals surface area contributed by atoms with Crippen LogP contribution in [0.5, 0.6) is 0 Å². The van der Waals surface area contributed by atoms with Crippen molar-refractivity contribution in [3.63, 3.8) is 0 Å². The zero-order valence-corrected chi connectivity index (χ0v) is 16.1. The van der Waals surface area contributed by atoms with Gasteiger partial charge in [0.2, 0.25) is 0 Å². The van der Waals surface area contributed by atoms with Crippen LogP contribution >= 0.6 is 15.9 Å². The molecule has 0 aliphatic rings. The first-order valence-corrected chi connectivity index (χ1v) is 9.07. The maximum absolute atomic E-state index is 4.48. The normalized spacial score (nSPS) is 12.4. The highest BCUT2D eigenvalue weighted by atomic mass is 79.9. The molecule has 7 nitrogen and oxygen atoms in total. The van der Waals surface area contributed by atoms with Gasteiger partial charge in [-0.3, -0.25) is 4.68 Å². The molecule has 0 aliphatic carbocycles. The Balaban J connectivity index is 1.55. The van der Waals surface area contributed by atoms with Crippen molar-refractivity contribution < 1.29 is 0 Å². The SMILES string of the molecule is CC(Nc1ncnc2c1c(Br)nn2C)c1cnn(Cc2ccccc2)c1. The minimum Gasteiger partial charge on any atom is -0.363 e. The van der Waals surface area contributed by atoms with E-state index in [1.807, 2.05) is 36.1 Å². The van der Waals surface area contributed by atoms with Crippen molar-refractivity contribution in [3.8, 4) is 0 Å². The Labute approximate surface area is 159 Å². The molecule has 0 amide bonds. The molecule has 3 heterocycles. The lowest BCUT2D eigenvalue weighted by molar-refractivity contribution is 0.685. The van der Waals surface area contributed by atoms with Gasteiger partial charge in [-0.1, -0.05) is 30.3 Å². The Bertz CT molecular complexity index is 1040. The third-order valence-electron chi connectivity index (χ3n) is 4.27. The van der Waals surface area contributed by atoms with E-state index < -0.39 is 0 Å². The number of anilines is 1. The van der Waals surface area contributed by atoms with Gasteiger partial charge < -0.3 is 5.32 Å². The van der Waals surface area contributed by atoms with Crippen molar-refractivity contribution in [1.82, 2.24) is 29.5 Å².